The third-order valence-electron chi connectivity index (χ3n) is 8.42. The molecular formula is C19H30F2. The van der Waals surface area contributed by atoms with Crippen LogP contribution in [-0.4, -0.2) is 5.92 Å². The lowest BCUT2D eigenvalue weighted by atomic mass is 9.45. The molecule has 0 aromatic carbocycles. The van der Waals surface area contributed by atoms with Crippen LogP contribution < -0.4 is 0 Å². The van der Waals surface area contributed by atoms with Gasteiger partial charge in [0, 0.05) is 12.8 Å². The summed E-state index contributed by atoms with van der Waals surface area (Å²) >= 11 is 0. The molecule has 4 fully saturated rings. The lowest BCUT2D eigenvalue weighted by Gasteiger charge is -2.60. The summed E-state index contributed by atoms with van der Waals surface area (Å²) in [5, 5.41) is 0. The zero-order chi connectivity index (χ0) is 14.9. The molecule has 0 unspecified atom stereocenters. The van der Waals surface area contributed by atoms with E-state index in [1.807, 2.05) is 0 Å². The third-order valence-corrected chi connectivity index (χ3v) is 8.42. The Hall–Kier alpha value is -0.140. The predicted molar refractivity (Wildman–Crippen MR) is 81.3 cm³/mol. The number of rotatable bonds is 0. The molecule has 6 atom stereocenters. The highest BCUT2D eigenvalue weighted by Gasteiger charge is 2.59. The second-order valence-corrected chi connectivity index (χ2v) is 9.30. The lowest BCUT2D eigenvalue weighted by Crippen LogP contribution is -2.54. The molecule has 0 aromatic heterocycles. The summed E-state index contributed by atoms with van der Waals surface area (Å²) < 4.78 is 27.7. The van der Waals surface area contributed by atoms with E-state index in [9.17, 15) is 8.78 Å². The van der Waals surface area contributed by atoms with Gasteiger partial charge in [0.15, 0.2) is 0 Å². The second-order valence-electron chi connectivity index (χ2n) is 9.30. The second kappa shape index (κ2) is 4.45. The van der Waals surface area contributed by atoms with Gasteiger partial charge in [0.25, 0.3) is 0 Å². The molecule has 2 heteroatoms. The van der Waals surface area contributed by atoms with E-state index in [0.717, 1.165) is 30.6 Å². The molecule has 4 rings (SSSR count). The fourth-order valence-corrected chi connectivity index (χ4v) is 7.17. The standard InChI is InChI=1S/C19H30F2/c1-17-8-3-4-15(17)14-6-5-13-12-19(20,21)11-10-18(13,2)16(14)7-9-17/h13-16H,3-12H2,1-2H3/t13-,14-,15-,16-,17-,18-/m0/s1. The van der Waals surface area contributed by atoms with E-state index in [1.54, 1.807) is 0 Å². The van der Waals surface area contributed by atoms with Gasteiger partial charge in [0.1, 0.15) is 0 Å². The maximum absolute atomic E-state index is 13.8. The van der Waals surface area contributed by atoms with Crippen molar-refractivity contribution in [3.05, 3.63) is 0 Å². The van der Waals surface area contributed by atoms with Gasteiger partial charge in [-0.3, -0.25) is 0 Å². The van der Waals surface area contributed by atoms with Crippen molar-refractivity contribution in [1.82, 2.24) is 0 Å². The van der Waals surface area contributed by atoms with Crippen molar-refractivity contribution in [2.45, 2.75) is 84.0 Å². The van der Waals surface area contributed by atoms with Crippen LogP contribution in [0.3, 0.4) is 0 Å². The molecular weight excluding hydrogens is 266 g/mol. The molecule has 21 heavy (non-hydrogen) atoms. The minimum absolute atomic E-state index is 0.144. The number of fused-ring (bicyclic) bond motifs is 5. The van der Waals surface area contributed by atoms with Crippen LogP contribution in [0.1, 0.15) is 78.1 Å². The first-order chi connectivity index (χ1) is 9.84. The summed E-state index contributed by atoms with van der Waals surface area (Å²) in [6.07, 6.45) is 10.3. The number of alkyl halides is 2. The highest BCUT2D eigenvalue weighted by Crippen LogP contribution is 2.67. The molecule has 4 aliphatic carbocycles. The van der Waals surface area contributed by atoms with Crippen LogP contribution >= 0.6 is 0 Å². The first kappa shape index (κ1) is 14.5. The fourth-order valence-electron chi connectivity index (χ4n) is 7.17. The molecule has 0 aliphatic heterocycles. The van der Waals surface area contributed by atoms with Crippen LogP contribution in [0.5, 0.6) is 0 Å². The van der Waals surface area contributed by atoms with Crippen LogP contribution in [0.25, 0.3) is 0 Å². The Morgan fingerprint density at radius 3 is 2.43 bits per heavy atom. The maximum Gasteiger partial charge on any atom is 0.248 e. The minimum Gasteiger partial charge on any atom is -0.207 e. The molecule has 0 radical (unpaired) electrons. The van der Waals surface area contributed by atoms with E-state index in [2.05, 4.69) is 13.8 Å². The van der Waals surface area contributed by atoms with Crippen LogP contribution in [0.15, 0.2) is 0 Å². The Labute approximate surface area is 128 Å². The van der Waals surface area contributed by atoms with Crippen LogP contribution in [0, 0.1) is 34.5 Å². The molecule has 120 valence electrons. The quantitative estimate of drug-likeness (QED) is 0.510. The van der Waals surface area contributed by atoms with E-state index in [-0.39, 0.29) is 24.2 Å². The minimum atomic E-state index is -2.38. The number of hydrogen-bond acceptors (Lipinski definition) is 0. The van der Waals surface area contributed by atoms with E-state index >= 15 is 0 Å². The van der Waals surface area contributed by atoms with Gasteiger partial charge < -0.3 is 0 Å². The highest BCUT2D eigenvalue weighted by atomic mass is 19.3. The first-order valence-corrected chi connectivity index (χ1v) is 9.22. The van der Waals surface area contributed by atoms with E-state index in [4.69, 9.17) is 0 Å². The van der Waals surface area contributed by atoms with Crippen molar-refractivity contribution in [3.63, 3.8) is 0 Å². The lowest BCUT2D eigenvalue weighted by molar-refractivity contribution is -0.160. The molecule has 0 nitrogen and oxygen atoms in total. The molecule has 0 heterocycles. The molecule has 0 N–H and O–H groups in total. The van der Waals surface area contributed by atoms with Crippen molar-refractivity contribution >= 4 is 0 Å². The smallest absolute Gasteiger partial charge is 0.207 e. The van der Waals surface area contributed by atoms with Crippen LogP contribution in [0.2, 0.25) is 0 Å². The van der Waals surface area contributed by atoms with Crippen molar-refractivity contribution in [2.75, 3.05) is 0 Å². The monoisotopic (exact) mass is 296 g/mol. The SMILES string of the molecule is C[C@@]12CCC[C@H]1[C@@H]1CC[C@H]3CC(F)(F)CC[C@]3(C)[C@H]1CC2. The van der Waals surface area contributed by atoms with E-state index in [1.165, 1.54) is 38.5 Å². The van der Waals surface area contributed by atoms with Gasteiger partial charge >= 0.3 is 0 Å². The van der Waals surface area contributed by atoms with Gasteiger partial charge in [-0.15, -0.1) is 0 Å². The van der Waals surface area contributed by atoms with Gasteiger partial charge in [-0.1, -0.05) is 20.3 Å². The van der Waals surface area contributed by atoms with Crippen LogP contribution in [0.4, 0.5) is 8.78 Å². The normalized spacial score (nSPS) is 55.4. The zero-order valence-corrected chi connectivity index (χ0v) is 13.6. The summed E-state index contributed by atoms with van der Waals surface area (Å²) in [4.78, 5) is 0. The third kappa shape index (κ3) is 2.03. The first-order valence-electron chi connectivity index (χ1n) is 9.22. The summed E-state index contributed by atoms with van der Waals surface area (Å²) in [5.41, 5.74) is 0.803. The van der Waals surface area contributed by atoms with Crippen molar-refractivity contribution in [3.8, 4) is 0 Å². The predicted octanol–water partition coefficient (Wildman–Crippen LogP) is 6.05. The van der Waals surface area contributed by atoms with Crippen LogP contribution in [-0.2, 0) is 0 Å². The largest absolute Gasteiger partial charge is 0.248 e. The Kier molecular flexibility index (Phi) is 3.06. The van der Waals surface area contributed by atoms with Gasteiger partial charge in [-0.05, 0) is 79.4 Å². The molecule has 0 bridgehead atoms. The maximum atomic E-state index is 13.8. The molecule has 0 amide bonds. The Morgan fingerprint density at radius 1 is 0.810 bits per heavy atom. The Bertz CT molecular complexity index is 431. The Morgan fingerprint density at radius 2 is 1.62 bits per heavy atom. The number of halogens is 2. The molecule has 0 aromatic rings. The fraction of sp³-hybridized carbons (Fsp3) is 1.00. The summed E-state index contributed by atoms with van der Waals surface area (Å²) in [6.45, 7) is 4.89. The van der Waals surface area contributed by atoms with Crippen molar-refractivity contribution in [2.24, 2.45) is 34.5 Å². The highest BCUT2D eigenvalue weighted by molar-refractivity contribution is 5.08. The van der Waals surface area contributed by atoms with Gasteiger partial charge in [0.05, 0.1) is 0 Å². The van der Waals surface area contributed by atoms with Gasteiger partial charge in [-0.25, -0.2) is 8.78 Å². The average Bonchev–Trinajstić information content (AvgIpc) is 2.81. The number of hydrogen-bond donors (Lipinski definition) is 0. The topological polar surface area (TPSA) is 0 Å². The van der Waals surface area contributed by atoms with Gasteiger partial charge in [-0.2, -0.15) is 0 Å². The summed E-state index contributed by atoms with van der Waals surface area (Å²) in [7, 11) is 0. The zero-order valence-electron chi connectivity index (χ0n) is 13.6. The summed E-state index contributed by atoms with van der Waals surface area (Å²) in [6, 6.07) is 0. The molecule has 4 saturated carbocycles. The van der Waals surface area contributed by atoms with Crippen molar-refractivity contribution < 1.29 is 8.78 Å². The molecule has 0 spiro atoms. The van der Waals surface area contributed by atoms with E-state index in [0.29, 0.717) is 5.41 Å². The summed E-state index contributed by atoms with van der Waals surface area (Å²) in [5.74, 6) is 0.389. The molecule has 0 saturated heterocycles. The Balaban J connectivity index is 1.62. The van der Waals surface area contributed by atoms with E-state index < -0.39 is 5.92 Å². The average molecular weight is 296 g/mol. The van der Waals surface area contributed by atoms with Gasteiger partial charge in [0.2, 0.25) is 5.92 Å². The molecule has 4 aliphatic rings. The van der Waals surface area contributed by atoms with Crippen molar-refractivity contribution in [1.29, 1.82) is 0 Å².